The molecule has 9 heteroatoms. The van der Waals surface area contributed by atoms with E-state index in [1.54, 1.807) is 31.2 Å². The maximum Gasteiger partial charge on any atom is 0.416 e. The highest BCUT2D eigenvalue weighted by Gasteiger charge is 2.44. The van der Waals surface area contributed by atoms with Crippen LogP contribution in [0.25, 0.3) is 10.9 Å². The topological polar surface area (TPSA) is 71.3 Å². The van der Waals surface area contributed by atoms with Crippen LogP contribution in [-0.4, -0.2) is 39.6 Å². The summed E-state index contributed by atoms with van der Waals surface area (Å²) in [7, 11) is 0. The van der Waals surface area contributed by atoms with E-state index in [0.29, 0.717) is 16.5 Å². The van der Waals surface area contributed by atoms with Crippen LogP contribution >= 0.6 is 12.6 Å². The molecule has 136 valence electrons. The molecule has 2 N–H and O–H groups in total. The fourth-order valence-corrected chi connectivity index (χ4v) is 3.00. The number of fused-ring (bicyclic) bond motifs is 1. The van der Waals surface area contributed by atoms with Crippen LogP contribution in [0, 0.1) is 5.92 Å². The molecule has 1 aromatic heterocycles. The summed E-state index contributed by atoms with van der Waals surface area (Å²) >= 11 is 3.59. The molecule has 1 unspecified atom stereocenters. The third-order valence-corrected chi connectivity index (χ3v) is 4.17. The van der Waals surface area contributed by atoms with Gasteiger partial charge in [0.1, 0.15) is 5.92 Å². The number of halogens is 3. The maximum atomic E-state index is 12.8. The predicted molar refractivity (Wildman–Crippen MR) is 90.1 cm³/mol. The minimum absolute atomic E-state index is 0.198. The van der Waals surface area contributed by atoms with Crippen molar-refractivity contribution in [2.24, 2.45) is 5.92 Å². The Bertz CT molecular complexity index is 789. The first-order valence-corrected chi connectivity index (χ1v) is 8.08. The number of benzene rings is 1. The van der Waals surface area contributed by atoms with E-state index < -0.39 is 35.9 Å². The molecule has 25 heavy (non-hydrogen) atoms. The number of amides is 1. The van der Waals surface area contributed by atoms with Gasteiger partial charge in [0.05, 0.1) is 5.52 Å². The molecule has 0 spiro atoms. The lowest BCUT2D eigenvalue weighted by molar-refractivity contribution is -0.178. The molecule has 1 amide bonds. The Morgan fingerprint density at radius 3 is 2.52 bits per heavy atom. The van der Waals surface area contributed by atoms with Crippen molar-refractivity contribution in [2.45, 2.75) is 25.6 Å². The number of hydrogen-bond acceptors (Lipinski definition) is 3. The molecule has 1 heterocycles. The summed E-state index contributed by atoms with van der Waals surface area (Å²) in [4.78, 5) is 23.1. The number of carbonyl (C=O) groups is 2. The molecule has 0 aliphatic rings. The molecular formula is C16H17F3N2O3S. The van der Waals surface area contributed by atoms with Crippen molar-refractivity contribution < 1.29 is 27.9 Å². The van der Waals surface area contributed by atoms with Crippen molar-refractivity contribution in [1.82, 2.24) is 9.88 Å². The number of carbonyl (C=O) groups excluding carboxylic acids is 1. The Morgan fingerprint density at radius 2 is 1.96 bits per heavy atom. The molecule has 2 aromatic rings. The monoisotopic (exact) mass is 374 g/mol. The number of nitrogens with zero attached hydrogens (tertiary/aromatic N) is 1. The van der Waals surface area contributed by atoms with E-state index in [-0.39, 0.29) is 6.42 Å². The van der Waals surface area contributed by atoms with Crippen LogP contribution in [0.3, 0.4) is 0 Å². The average molecular weight is 374 g/mol. The molecule has 2 atom stereocenters. The van der Waals surface area contributed by atoms with E-state index in [1.807, 2.05) is 0 Å². The van der Waals surface area contributed by atoms with E-state index in [4.69, 9.17) is 0 Å². The predicted octanol–water partition coefficient (Wildman–Crippen LogP) is 3.32. The van der Waals surface area contributed by atoms with Crippen molar-refractivity contribution in [1.29, 1.82) is 0 Å². The van der Waals surface area contributed by atoms with Gasteiger partial charge in [-0.3, -0.25) is 9.36 Å². The first kappa shape index (κ1) is 19.2. The zero-order valence-electron chi connectivity index (χ0n) is 13.2. The Kier molecular flexibility index (Phi) is 5.66. The number of hydrogen-bond donors (Lipinski definition) is 3. The lowest BCUT2D eigenvalue weighted by Crippen LogP contribution is -2.44. The second-order valence-corrected chi connectivity index (χ2v) is 6.08. The second-order valence-electron chi connectivity index (χ2n) is 5.71. The maximum absolute atomic E-state index is 12.8. The van der Waals surface area contributed by atoms with Crippen molar-refractivity contribution in [3.8, 4) is 0 Å². The number of rotatable bonds is 5. The van der Waals surface area contributed by atoms with Crippen LogP contribution in [0.4, 0.5) is 18.0 Å². The Hall–Kier alpha value is -2.16. The van der Waals surface area contributed by atoms with Gasteiger partial charge in [-0.1, -0.05) is 18.2 Å². The molecule has 0 aliphatic heterocycles. The largest absolute Gasteiger partial charge is 0.464 e. The molecule has 0 aliphatic carbocycles. The van der Waals surface area contributed by atoms with Gasteiger partial charge in [-0.05, 0) is 25.0 Å². The summed E-state index contributed by atoms with van der Waals surface area (Å²) in [6.45, 7) is 1.57. The van der Waals surface area contributed by atoms with Crippen molar-refractivity contribution in [3.05, 3.63) is 36.0 Å². The molecule has 0 bridgehead atoms. The van der Waals surface area contributed by atoms with Crippen LogP contribution in [0.15, 0.2) is 30.5 Å². The highest BCUT2D eigenvalue weighted by Crippen LogP contribution is 2.28. The summed E-state index contributed by atoms with van der Waals surface area (Å²) < 4.78 is 39.4. The van der Waals surface area contributed by atoms with Gasteiger partial charge in [0.2, 0.25) is 5.91 Å². The van der Waals surface area contributed by atoms with Gasteiger partial charge >= 0.3 is 12.3 Å². The Balaban J connectivity index is 2.18. The smallest absolute Gasteiger partial charge is 0.416 e. The number of alkyl halides is 3. The molecule has 0 saturated carbocycles. The molecule has 1 aromatic carbocycles. The number of aromatic nitrogens is 1. The van der Waals surface area contributed by atoms with E-state index in [2.05, 4.69) is 17.9 Å². The van der Waals surface area contributed by atoms with Crippen molar-refractivity contribution >= 4 is 35.5 Å². The zero-order chi connectivity index (χ0) is 18.8. The molecule has 2 rings (SSSR count). The molecule has 0 saturated heterocycles. The standard InChI is InChI=1S/C16H17F3N2O3S/c1-9(20-14(22)12(8-25)16(17,18)19)6-10-7-21(15(23)24)13-5-3-2-4-11(10)13/h2-5,7,9,12,25H,6,8H2,1H3,(H,20,22)(H,23,24)/t9-,12?/m1/s1. The van der Waals surface area contributed by atoms with E-state index in [9.17, 15) is 27.9 Å². The number of carboxylic acid groups (broad SMARTS) is 1. The third-order valence-electron chi connectivity index (χ3n) is 3.81. The fraction of sp³-hybridized carbons (Fsp3) is 0.375. The normalized spacial score (nSPS) is 14.3. The van der Waals surface area contributed by atoms with Crippen LogP contribution in [0.5, 0.6) is 0 Å². The minimum atomic E-state index is -4.66. The summed E-state index contributed by atoms with van der Waals surface area (Å²) in [6, 6.07) is 6.19. The van der Waals surface area contributed by atoms with Gasteiger partial charge in [0, 0.05) is 23.4 Å². The van der Waals surface area contributed by atoms with Gasteiger partial charge in [-0.15, -0.1) is 0 Å². The zero-order valence-corrected chi connectivity index (χ0v) is 14.1. The third kappa shape index (κ3) is 4.28. The Labute approximate surface area is 147 Å². The quantitative estimate of drug-likeness (QED) is 0.703. The summed E-state index contributed by atoms with van der Waals surface area (Å²) in [6.07, 6.45) is -4.21. The van der Waals surface area contributed by atoms with Gasteiger partial charge < -0.3 is 10.4 Å². The summed E-state index contributed by atoms with van der Waals surface area (Å²) in [5.41, 5.74) is 1.10. The van der Waals surface area contributed by atoms with Crippen LogP contribution in [0.1, 0.15) is 12.5 Å². The number of thiol groups is 1. The van der Waals surface area contributed by atoms with Crippen LogP contribution in [-0.2, 0) is 11.2 Å². The highest BCUT2D eigenvalue weighted by molar-refractivity contribution is 7.80. The van der Waals surface area contributed by atoms with E-state index in [0.717, 1.165) is 4.57 Å². The number of nitrogens with one attached hydrogen (secondary N) is 1. The Morgan fingerprint density at radius 1 is 1.32 bits per heavy atom. The highest BCUT2D eigenvalue weighted by atomic mass is 32.1. The molecule has 0 radical (unpaired) electrons. The van der Waals surface area contributed by atoms with E-state index >= 15 is 0 Å². The first-order chi connectivity index (χ1) is 11.6. The van der Waals surface area contributed by atoms with Gasteiger partial charge in [0.15, 0.2) is 0 Å². The molecule has 0 fully saturated rings. The van der Waals surface area contributed by atoms with E-state index in [1.165, 1.54) is 6.20 Å². The second kappa shape index (κ2) is 7.38. The van der Waals surface area contributed by atoms with Crippen LogP contribution < -0.4 is 5.32 Å². The van der Waals surface area contributed by atoms with Crippen LogP contribution in [0.2, 0.25) is 0 Å². The minimum Gasteiger partial charge on any atom is -0.464 e. The summed E-state index contributed by atoms with van der Waals surface area (Å²) in [5.74, 6) is -3.96. The molecule has 5 nitrogen and oxygen atoms in total. The average Bonchev–Trinajstić information content (AvgIpc) is 2.85. The van der Waals surface area contributed by atoms with Crippen molar-refractivity contribution in [2.75, 3.05) is 5.75 Å². The molecular weight excluding hydrogens is 357 g/mol. The SMILES string of the molecule is C[C@H](Cc1cn(C(=O)O)c2ccccc12)NC(=O)C(CS)C(F)(F)F. The van der Waals surface area contributed by atoms with Gasteiger partial charge in [0.25, 0.3) is 0 Å². The lowest BCUT2D eigenvalue weighted by atomic mass is 10.0. The fourth-order valence-electron chi connectivity index (χ4n) is 2.63. The van der Waals surface area contributed by atoms with Gasteiger partial charge in [-0.2, -0.15) is 25.8 Å². The summed E-state index contributed by atoms with van der Waals surface area (Å²) in [5, 5.41) is 12.2. The van der Waals surface area contributed by atoms with Crippen molar-refractivity contribution in [3.63, 3.8) is 0 Å². The first-order valence-electron chi connectivity index (χ1n) is 7.45. The lowest BCUT2D eigenvalue weighted by Gasteiger charge is -2.21. The number of para-hydroxylation sites is 1. The van der Waals surface area contributed by atoms with Gasteiger partial charge in [-0.25, -0.2) is 4.79 Å².